The third-order valence-electron chi connectivity index (χ3n) is 3.08. The van der Waals surface area contributed by atoms with Gasteiger partial charge in [0, 0.05) is 10.5 Å². The van der Waals surface area contributed by atoms with Gasteiger partial charge in [-0.15, -0.1) is 0 Å². The fraction of sp³-hybridized carbons (Fsp3) is 0.412. The number of benzene rings is 1. The smallest absolute Gasteiger partial charge is 0.321 e. The average Bonchev–Trinajstić information content (AvgIpc) is 2.54. The predicted octanol–water partition coefficient (Wildman–Crippen LogP) is 1.81. The lowest BCUT2D eigenvalue weighted by Crippen LogP contribution is -2.37. The van der Waals surface area contributed by atoms with Gasteiger partial charge in [0.1, 0.15) is 11.7 Å². The number of esters is 2. The molecule has 0 bridgehead atoms. The lowest BCUT2D eigenvalue weighted by molar-refractivity contribution is -0.486. The first-order chi connectivity index (χ1) is 11.9. The van der Waals surface area contributed by atoms with Crippen molar-refractivity contribution < 1.29 is 28.4 Å². The van der Waals surface area contributed by atoms with E-state index in [2.05, 4.69) is 11.8 Å². The zero-order valence-corrected chi connectivity index (χ0v) is 13.9. The maximum absolute atomic E-state index is 12.9. The lowest BCUT2D eigenvalue weighted by Gasteiger charge is -2.17. The largest absolute Gasteiger partial charge is 0.465 e. The second-order valence-corrected chi connectivity index (χ2v) is 4.88. The summed E-state index contributed by atoms with van der Waals surface area (Å²) in [7, 11) is 0. The van der Waals surface area contributed by atoms with Crippen LogP contribution >= 0.6 is 0 Å². The molecule has 1 aromatic carbocycles. The Balaban J connectivity index is 3.18. The van der Waals surface area contributed by atoms with Gasteiger partial charge in [0.05, 0.1) is 13.2 Å². The molecule has 0 saturated carbocycles. The van der Waals surface area contributed by atoms with Gasteiger partial charge in [-0.1, -0.05) is 11.8 Å². The van der Waals surface area contributed by atoms with Crippen molar-refractivity contribution in [3.63, 3.8) is 0 Å². The molecule has 0 saturated heterocycles. The minimum absolute atomic E-state index is 0.00527. The number of carbonyl (C=O) groups excluding carboxylic acids is 2. The molecule has 0 heterocycles. The van der Waals surface area contributed by atoms with E-state index in [9.17, 15) is 24.1 Å². The Hall–Kier alpha value is -2.95. The highest BCUT2D eigenvalue weighted by Crippen LogP contribution is 2.17. The standard InChI is InChI=1S/C17H18FNO6/c1-3-24-16(20)15(17(21)25-4-2)13(11-19(22)23)8-5-12-6-9-14(18)10-7-12/h6-7,9-10,13,15H,3-4,11H2,1-2H3/t13-/m1/s1. The van der Waals surface area contributed by atoms with Crippen LogP contribution in [0.3, 0.4) is 0 Å². The molecule has 134 valence electrons. The summed E-state index contributed by atoms with van der Waals surface area (Å²) in [5.74, 6) is 0.0835. The Bertz CT molecular complexity index is 659. The molecule has 1 aromatic rings. The van der Waals surface area contributed by atoms with E-state index < -0.39 is 41.1 Å². The van der Waals surface area contributed by atoms with Crippen molar-refractivity contribution in [2.75, 3.05) is 19.8 Å². The van der Waals surface area contributed by atoms with Gasteiger partial charge in [-0.3, -0.25) is 19.7 Å². The molecule has 0 amide bonds. The molecular formula is C17H18FNO6. The van der Waals surface area contributed by atoms with Crippen LogP contribution in [-0.4, -0.2) is 36.6 Å². The number of nitrogens with zero attached hydrogens (tertiary/aromatic N) is 1. The van der Waals surface area contributed by atoms with Gasteiger partial charge < -0.3 is 9.47 Å². The van der Waals surface area contributed by atoms with Gasteiger partial charge in [0.15, 0.2) is 5.92 Å². The molecule has 7 nitrogen and oxygen atoms in total. The average molecular weight is 351 g/mol. The number of rotatable bonds is 7. The highest BCUT2D eigenvalue weighted by molar-refractivity contribution is 5.95. The van der Waals surface area contributed by atoms with E-state index in [4.69, 9.17) is 9.47 Å². The Morgan fingerprint density at radius 3 is 2.12 bits per heavy atom. The van der Waals surface area contributed by atoms with Crippen molar-refractivity contribution in [3.8, 4) is 11.8 Å². The van der Waals surface area contributed by atoms with E-state index in [-0.39, 0.29) is 13.2 Å². The minimum atomic E-state index is -1.53. The van der Waals surface area contributed by atoms with Crippen molar-refractivity contribution in [1.29, 1.82) is 0 Å². The molecule has 0 radical (unpaired) electrons. The van der Waals surface area contributed by atoms with Crippen LogP contribution in [0.15, 0.2) is 24.3 Å². The fourth-order valence-corrected chi connectivity index (χ4v) is 1.99. The Morgan fingerprint density at radius 1 is 1.16 bits per heavy atom. The summed E-state index contributed by atoms with van der Waals surface area (Å²) >= 11 is 0. The normalized spacial score (nSPS) is 11.2. The first-order valence-corrected chi connectivity index (χ1v) is 7.61. The van der Waals surface area contributed by atoms with E-state index in [1.807, 2.05) is 0 Å². The number of hydrogen-bond acceptors (Lipinski definition) is 6. The van der Waals surface area contributed by atoms with Crippen LogP contribution in [0.25, 0.3) is 0 Å². The Labute approximate surface area is 144 Å². The van der Waals surface area contributed by atoms with Crippen molar-refractivity contribution in [1.82, 2.24) is 0 Å². The SMILES string of the molecule is CCOC(=O)C(C(=O)OCC)[C@H](C#Cc1ccc(F)cc1)C[N+](=O)[O-]. The first-order valence-electron chi connectivity index (χ1n) is 7.61. The van der Waals surface area contributed by atoms with Gasteiger partial charge in [-0.25, -0.2) is 4.39 Å². The molecule has 0 aliphatic rings. The summed E-state index contributed by atoms with van der Waals surface area (Å²) in [6.45, 7) is 2.37. The second kappa shape index (κ2) is 10.0. The van der Waals surface area contributed by atoms with E-state index in [1.165, 1.54) is 24.3 Å². The lowest BCUT2D eigenvalue weighted by atomic mass is 9.92. The maximum Gasteiger partial charge on any atom is 0.321 e. The van der Waals surface area contributed by atoms with Gasteiger partial charge >= 0.3 is 11.9 Å². The number of ether oxygens (including phenoxy) is 2. The summed E-state index contributed by atoms with van der Waals surface area (Å²) in [5, 5.41) is 10.9. The number of carbonyl (C=O) groups is 2. The molecular weight excluding hydrogens is 333 g/mol. The van der Waals surface area contributed by atoms with Gasteiger partial charge in [-0.05, 0) is 38.1 Å². The monoisotopic (exact) mass is 351 g/mol. The molecule has 0 N–H and O–H groups in total. The molecule has 0 fully saturated rings. The van der Waals surface area contributed by atoms with Crippen LogP contribution in [-0.2, 0) is 19.1 Å². The summed E-state index contributed by atoms with van der Waals surface area (Å²) < 4.78 is 22.6. The topological polar surface area (TPSA) is 95.7 Å². The number of nitro groups is 1. The minimum Gasteiger partial charge on any atom is -0.465 e. The van der Waals surface area contributed by atoms with Crippen molar-refractivity contribution in [2.24, 2.45) is 11.8 Å². The summed E-state index contributed by atoms with van der Waals surface area (Å²) in [6, 6.07) is 5.13. The van der Waals surface area contributed by atoms with Crippen LogP contribution in [0, 0.1) is 39.6 Å². The highest BCUT2D eigenvalue weighted by Gasteiger charge is 2.39. The highest BCUT2D eigenvalue weighted by atomic mass is 19.1. The molecule has 0 aliphatic heterocycles. The summed E-state index contributed by atoms with van der Waals surface area (Å²) in [4.78, 5) is 34.4. The van der Waals surface area contributed by atoms with Crippen molar-refractivity contribution in [3.05, 3.63) is 45.8 Å². The molecule has 8 heteroatoms. The van der Waals surface area contributed by atoms with Crippen LogP contribution in [0.5, 0.6) is 0 Å². The Kier molecular flexibility index (Phi) is 8.06. The predicted molar refractivity (Wildman–Crippen MR) is 85.4 cm³/mol. The van der Waals surface area contributed by atoms with E-state index >= 15 is 0 Å². The van der Waals surface area contributed by atoms with Gasteiger partial charge in [0.25, 0.3) is 0 Å². The summed E-state index contributed by atoms with van der Waals surface area (Å²) in [5.41, 5.74) is 0.390. The van der Waals surface area contributed by atoms with Crippen molar-refractivity contribution >= 4 is 11.9 Å². The fourth-order valence-electron chi connectivity index (χ4n) is 1.99. The molecule has 1 rings (SSSR count). The zero-order valence-electron chi connectivity index (χ0n) is 13.9. The van der Waals surface area contributed by atoms with E-state index in [0.717, 1.165) is 0 Å². The summed E-state index contributed by atoms with van der Waals surface area (Å²) in [6.07, 6.45) is 0. The zero-order chi connectivity index (χ0) is 18.8. The van der Waals surface area contributed by atoms with E-state index in [0.29, 0.717) is 5.56 Å². The molecule has 0 spiro atoms. The van der Waals surface area contributed by atoms with Crippen LogP contribution < -0.4 is 0 Å². The van der Waals surface area contributed by atoms with Crippen LogP contribution in [0.4, 0.5) is 4.39 Å². The number of hydrogen-bond donors (Lipinski definition) is 0. The maximum atomic E-state index is 12.9. The number of halogens is 1. The second-order valence-electron chi connectivity index (χ2n) is 4.88. The quantitative estimate of drug-likeness (QED) is 0.244. The van der Waals surface area contributed by atoms with Crippen molar-refractivity contribution in [2.45, 2.75) is 13.8 Å². The molecule has 25 heavy (non-hydrogen) atoms. The van der Waals surface area contributed by atoms with Gasteiger partial charge in [0.2, 0.25) is 6.54 Å². The molecule has 0 aliphatic carbocycles. The van der Waals surface area contributed by atoms with Gasteiger partial charge in [-0.2, -0.15) is 0 Å². The molecule has 0 aromatic heterocycles. The third kappa shape index (κ3) is 6.59. The first kappa shape index (κ1) is 20.1. The Morgan fingerprint density at radius 2 is 1.68 bits per heavy atom. The molecule has 1 atom stereocenters. The van der Waals surface area contributed by atoms with Crippen LogP contribution in [0.2, 0.25) is 0 Å². The molecule has 0 unspecified atom stereocenters. The van der Waals surface area contributed by atoms with Crippen LogP contribution in [0.1, 0.15) is 19.4 Å². The third-order valence-corrected chi connectivity index (χ3v) is 3.08. The van der Waals surface area contributed by atoms with E-state index in [1.54, 1.807) is 13.8 Å².